The van der Waals surface area contributed by atoms with Gasteiger partial charge in [0.1, 0.15) is 16.3 Å². The summed E-state index contributed by atoms with van der Waals surface area (Å²) in [6, 6.07) is 19.9. The third kappa shape index (κ3) is 4.55. The summed E-state index contributed by atoms with van der Waals surface area (Å²) in [6.07, 6.45) is 0. The maximum Gasteiger partial charge on any atom is 0.341 e. The van der Waals surface area contributed by atoms with Crippen molar-refractivity contribution in [1.82, 2.24) is 0 Å². The SMILES string of the molecule is CCOC(=O)c1c(-c2ccccc2)csc1NC(=O)c1ccc(-c2ccc(Cl)cc2)o1. The number of rotatable bonds is 6. The minimum Gasteiger partial charge on any atom is -0.462 e. The number of benzene rings is 2. The van der Waals surface area contributed by atoms with Gasteiger partial charge in [-0.2, -0.15) is 0 Å². The van der Waals surface area contributed by atoms with E-state index >= 15 is 0 Å². The van der Waals surface area contributed by atoms with Crippen LogP contribution in [0.25, 0.3) is 22.5 Å². The molecule has 0 aliphatic heterocycles. The standard InChI is InChI=1S/C24H18ClNO4S/c1-2-29-24(28)21-18(15-6-4-3-5-7-15)14-31-23(21)26-22(27)20-13-12-19(30-20)16-8-10-17(25)11-9-16/h3-14H,2H2,1H3,(H,26,27). The van der Waals surface area contributed by atoms with Crippen molar-refractivity contribution < 1.29 is 18.7 Å². The van der Waals surface area contributed by atoms with Gasteiger partial charge < -0.3 is 14.5 Å². The molecule has 156 valence electrons. The van der Waals surface area contributed by atoms with Gasteiger partial charge >= 0.3 is 5.97 Å². The van der Waals surface area contributed by atoms with Crippen molar-refractivity contribution in [2.24, 2.45) is 0 Å². The molecule has 5 nitrogen and oxygen atoms in total. The number of carbonyl (C=O) groups is 2. The van der Waals surface area contributed by atoms with Gasteiger partial charge in [0.25, 0.3) is 5.91 Å². The van der Waals surface area contributed by atoms with E-state index in [1.807, 2.05) is 47.8 Å². The van der Waals surface area contributed by atoms with Crippen molar-refractivity contribution in [3.05, 3.63) is 88.5 Å². The maximum atomic E-state index is 12.8. The normalized spacial score (nSPS) is 10.6. The fraction of sp³-hybridized carbons (Fsp3) is 0.0833. The van der Waals surface area contributed by atoms with Gasteiger partial charge in [0, 0.05) is 21.5 Å². The van der Waals surface area contributed by atoms with Crippen LogP contribution in [0.5, 0.6) is 0 Å². The number of furan rings is 1. The molecule has 0 aliphatic carbocycles. The van der Waals surface area contributed by atoms with Crippen molar-refractivity contribution in [1.29, 1.82) is 0 Å². The highest BCUT2D eigenvalue weighted by Gasteiger charge is 2.24. The maximum absolute atomic E-state index is 12.8. The average molecular weight is 452 g/mol. The zero-order valence-corrected chi connectivity index (χ0v) is 18.1. The van der Waals surface area contributed by atoms with E-state index in [2.05, 4.69) is 5.32 Å². The van der Waals surface area contributed by atoms with Crippen molar-refractivity contribution in [2.45, 2.75) is 6.92 Å². The monoisotopic (exact) mass is 451 g/mol. The second-order valence-electron chi connectivity index (χ2n) is 6.56. The van der Waals surface area contributed by atoms with Gasteiger partial charge in [0.15, 0.2) is 5.76 Å². The molecule has 2 aromatic carbocycles. The molecule has 31 heavy (non-hydrogen) atoms. The quantitative estimate of drug-likeness (QED) is 0.329. The number of hydrogen-bond donors (Lipinski definition) is 1. The highest BCUT2D eigenvalue weighted by molar-refractivity contribution is 7.15. The first kappa shape index (κ1) is 20.9. The summed E-state index contributed by atoms with van der Waals surface area (Å²) >= 11 is 7.19. The van der Waals surface area contributed by atoms with Crippen molar-refractivity contribution in [3.63, 3.8) is 0 Å². The summed E-state index contributed by atoms with van der Waals surface area (Å²) < 4.78 is 10.9. The van der Waals surface area contributed by atoms with E-state index in [0.717, 1.165) is 11.1 Å². The Morgan fingerprint density at radius 3 is 2.45 bits per heavy atom. The Bertz CT molecular complexity index is 1210. The predicted octanol–water partition coefficient (Wildman–Crippen LogP) is 6.76. The summed E-state index contributed by atoms with van der Waals surface area (Å²) in [5, 5.41) is 5.65. The summed E-state index contributed by atoms with van der Waals surface area (Å²) in [4.78, 5) is 25.5. The number of hydrogen-bond acceptors (Lipinski definition) is 5. The van der Waals surface area contributed by atoms with Crippen LogP contribution in [-0.2, 0) is 4.74 Å². The number of thiophene rings is 1. The molecule has 0 aliphatic rings. The zero-order chi connectivity index (χ0) is 21.8. The van der Waals surface area contributed by atoms with Crippen LogP contribution in [0.2, 0.25) is 5.02 Å². The lowest BCUT2D eigenvalue weighted by molar-refractivity contribution is 0.0529. The van der Waals surface area contributed by atoms with E-state index in [9.17, 15) is 9.59 Å². The molecule has 0 saturated carbocycles. The second kappa shape index (κ2) is 9.20. The second-order valence-corrected chi connectivity index (χ2v) is 7.88. The van der Waals surface area contributed by atoms with Crippen LogP contribution in [0.4, 0.5) is 5.00 Å². The number of ether oxygens (including phenoxy) is 1. The largest absolute Gasteiger partial charge is 0.462 e. The van der Waals surface area contributed by atoms with Crippen LogP contribution < -0.4 is 5.32 Å². The van der Waals surface area contributed by atoms with E-state index in [1.54, 1.807) is 31.2 Å². The van der Waals surface area contributed by atoms with E-state index in [-0.39, 0.29) is 12.4 Å². The number of carbonyl (C=O) groups excluding carboxylic acids is 2. The lowest BCUT2D eigenvalue weighted by Crippen LogP contribution is -2.14. The van der Waals surface area contributed by atoms with Gasteiger partial charge in [-0.05, 0) is 48.9 Å². The minimum atomic E-state index is -0.487. The van der Waals surface area contributed by atoms with E-state index in [4.69, 9.17) is 20.8 Å². The first-order valence-corrected chi connectivity index (χ1v) is 10.8. The Morgan fingerprint density at radius 1 is 1.00 bits per heavy atom. The molecule has 1 amide bonds. The van der Waals surface area contributed by atoms with Crippen molar-refractivity contribution >= 4 is 39.8 Å². The van der Waals surface area contributed by atoms with Gasteiger partial charge in [0.2, 0.25) is 0 Å². The number of amides is 1. The van der Waals surface area contributed by atoms with Gasteiger partial charge in [-0.25, -0.2) is 4.79 Å². The fourth-order valence-electron chi connectivity index (χ4n) is 3.08. The van der Waals surface area contributed by atoms with Crippen LogP contribution in [0.15, 0.2) is 76.5 Å². The molecule has 4 aromatic rings. The molecule has 0 radical (unpaired) electrons. The first-order valence-electron chi connectivity index (χ1n) is 9.58. The van der Waals surface area contributed by atoms with Crippen LogP contribution in [0.1, 0.15) is 27.8 Å². The van der Waals surface area contributed by atoms with E-state index in [0.29, 0.717) is 26.9 Å². The molecule has 0 unspecified atom stereocenters. The highest BCUT2D eigenvalue weighted by atomic mass is 35.5. The molecule has 0 atom stereocenters. The lowest BCUT2D eigenvalue weighted by Gasteiger charge is -2.08. The summed E-state index contributed by atoms with van der Waals surface area (Å²) in [5.41, 5.74) is 2.71. The molecule has 7 heteroatoms. The van der Waals surface area contributed by atoms with Crippen LogP contribution in [0, 0.1) is 0 Å². The number of esters is 1. The molecule has 0 fully saturated rings. The first-order chi connectivity index (χ1) is 15.1. The number of anilines is 1. The Balaban J connectivity index is 1.62. The van der Waals surface area contributed by atoms with E-state index in [1.165, 1.54) is 11.3 Å². The van der Waals surface area contributed by atoms with Crippen LogP contribution in [0.3, 0.4) is 0 Å². The van der Waals surface area contributed by atoms with Crippen LogP contribution >= 0.6 is 22.9 Å². The Morgan fingerprint density at radius 2 is 1.74 bits per heavy atom. The molecule has 4 rings (SSSR count). The van der Waals surface area contributed by atoms with Gasteiger partial charge in [-0.1, -0.05) is 41.9 Å². The molecule has 2 aromatic heterocycles. The average Bonchev–Trinajstić information content (AvgIpc) is 3.43. The third-order valence-electron chi connectivity index (χ3n) is 4.54. The zero-order valence-electron chi connectivity index (χ0n) is 16.6. The Hall–Kier alpha value is -3.35. The van der Waals surface area contributed by atoms with E-state index < -0.39 is 11.9 Å². The highest BCUT2D eigenvalue weighted by Crippen LogP contribution is 2.36. The van der Waals surface area contributed by atoms with Gasteiger partial charge in [-0.3, -0.25) is 4.79 Å². The molecule has 0 bridgehead atoms. The molecular weight excluding hydrogens is 434 g/mol. The minimum absolute atomic E-state index is 0.134. The third-order valence-corrected chi connectivity index (χ3v) is 5.69. The molecule has 0 spiro atoms. The Kier molecular flexibility index (Phi) is 6.21. The van der Waals surface area contributed by atoms with Gasteiger partial charge in [-0.15, -0.1) is 11.3 Å². The summed E-state index contributed by atoms with van der Waals surface area (Å²) in [7, 11) is 0. The fourth-order valence-corrected chi connectivity index (χ4v) is 4.16. The Labute approximate surface area is 188 Å². The summed E-state index contributed by atoms with van der Waals surface area (Å²) in [5.74, 6) is -0.260. The molecule has 0 saturated heterocycles. The van der Waals surface area contributed by atoms with Crippen LogP contribution in [-0.4, -0.2) is 18.5 Å². The summed E-state index contributed by atoms with van der Waals surface area (Å²) in [6.45, 7) is 1.98. The molecular formula is C24H18ClNO4S. The topological polar surface area (TPSA) is 68.5 Å². The number of halogens is 1. The van der Waals surface area contributed by atoms with Gasteiger partial charge in [0.05, 0.1) is 6.61 Å². The molecule has 1 N–H and O–H groups in total. The number of nitrogens with one attached hydrogen (secondary N) is 1. The smallest absolute Gasteiger partial charge is 0.341 e. The predicted molar refractivity (Wildman–Crippen MR) is 123 cm³/mol. The molecule has 2 heterocycles. The lowest BCUT2D eigenvalue weighted by atomic mass is 10.0. The van der Waals surface area contributed by atoms with Crippen molar-refractivity contribution in [3.8, 4) is 22.5 Å². The van der Waals surface area contributed by atoms with Crippen molar-refractivity contribution in [2.75, 3.05) is 11.9 Å².